The van der Waals surface area contributed by atoms with Gasteiger partial charge < -0.3 is 13.9 Å². The van der Waals surface area contributed by atoms with Crippen molar-refractivity contribution in [3.05, 3.63) is 77.5 Å². The minimum atomic E-state index is -0.0221. The number of carbonyl (C=O) groups excluding carboxylic acids is 1. The minimum Gasteiger partial charge on any atom is -0.467 e. The summed E-state index contributed by atoms with van der Waals surface area (Å²) in [7, 11) is 1.93. The number of amides is 1. The first-order chi connectivity index (χ1) is 12.2. The molecule has 0 saturated heterocycles. The number of carbonyl (C=O) groups is 1. The quantitative estimate of drug-likeness (QED) is 0.545. The Hall–Kier alpha value is -2.86. The second-order valence-corrected chi connectivity index (χ2v) is 6.81. The lowest BCUT2D eigenvalue weighted by Crippen LogP contribution is -2.31. The van der Waals surface area contributed by atoms with Gasteiger partial charge in [-0.3, -0.25) is 9.78 Å². The number of hydrogen-bond donors (Lipinski definition) is 0. The minimum absolute atomic E-state index is 0.0221. The number of aromatic nitrogens is 2. The van der Waals surface area contributed by atoms with Crippen molar-refractivity contribution in [3.63, 3.8) is 0 Å². The normalized spacial score (nSPS) is 11.1. The number of furan rings is 1. The second kappa shape index (κ2) is 6.57. The number of aryl methyl sites for hydroxylation is 1. The van der Waals surface area contributed by atoms with Crippen LogP contribution in [-0.2, 0) is 20.1 Å². The van der Waals surface area contributed by atoms with Gasteiger partial charge in [0.05, 0.1) is 23.0 Å². The van der Waals surface area contributed by atoms with Crippen LogP contribution in [0.25, 0.3) is 10.2 Å². The van der Waals surface area contributed by atoms with Gasteiger partial charge in [-0.05, 0) is 41.3 Å². The van der Waals surface area contributed by atoms with Crippen molar-refractivity contribution in [2.24, 2.45) is 7.05 Å². The summed E-state index contributed by atoms with van der Waals surface area (Å²) >= 11 is 1.64. The summed E-state index contributed by atoms with van der Waals surface area (Å²) in [6, 6.07) is 11.6. The second-order valence-electron chi connectivity index (χ2n) is 5.86. The maximum Gasteiger partial charge on any atom is 0.271 e. The lowest BCUT2D eigenvalue weighted by molar-refractivity contribution is 0.0708. The van der Waals surface area contributed by atoms with Crippen molar-refractivity contribution in [2.75, 3.05) is 0 Å². The van der Waals surface area contributed by atoms with Gasteiger partial charge in [0.1, 0.15) is 11.5 Å². The van der Waals surface area contributed by atoms with E-state index in [0.29, 0.717) is 18.8 Å². The molecule has 0 atom stereocenters. The zero-order chi connectivity index (χ0) is 17.2. The summed E-state index contributed by atoms with van der Waals surface area (Å²) in [5.41, 5.74) is 2.74. The molecule has 4 aromatic heterocycles. The van der Waals surface area contributed by atoms with Gasteiger partial charge in [-0.2, -0.15) is 0 Å². The lowest BCUT2D eigenvalue weighted by atomic mass is 10.2. The molecule has 4 heterocycles. The highest BCUT2D eigenvalue weighted by Crippen LogP contribution is 2.25. The molecule has 0 fully saturated rings. The van der Waals surface area contributed by atoms with Crippen molar-refractivity contribution >= 4 is 27.5 Å². The first kappa shape index (κ1) is 15.7. The molecule has 4 rings (SSSR count). The molecule has 6 heteroatoms. The van der Waals surface area contributed by atoms with Crippen molar-refractivity contribution in [2.45, 2.75) is 13.1 Å². The van der Waals surface area contributed by atoms with Crippen molar-refractivity contribution in [1.82, 2.24) is 14.5 Å². The first-order valence-electron chi connectivity index (χ1n) is 7.96. The maximum absolute atomic E-state index is 13.2. The van der Waals surface area contributed by atoms with E-state index in [0.717, 1.165) is 21.5 Å². The molecule has 5 nitrogen and oxygen atoms in total. The summed E-state index contributed by atoms with van der Waals surface area (Å²) in [6.07, 6.45) is 5.14. The number of pyridine rings is 1. The van der Waals surface area contributed by atoms with E-state index in [1.165, 1.54) is 0 Å². The van der Waals surface area contributed by atoms with Crippen molar-refractivity contribution in [3.8, 4) is 0 Å². The van der Waals surface area contributed by atoms with Crippen LogP contribution in [0.5, 0.6) is 0 Å². The van der Waals surface area contributed by atoms with Crippen LogP contribution < -0.4 is 0 Å². The molecule has 0 bridgehead atoms. The van der Waals surface area contributed by atoms with E-state index in [4.69, 9.17) is 4.42 Å². The fourth-order valence-electron chi connectivity index (χ4n) is 2.92. The van der Waals surface area contributed by atoms with Gasteiger partial charge in [-0.15, -0.1) is 11.3 Å². The van der Waals surface area contributed by atoms with Crippen LogP contribution in [0, 0.1) is 0 Å². The topological polar surface area (TPSA) is 51.3 Å². The van der Waals surface area contributed by atoms with Gasteiger partial charge in [0.2, 0.25) is 0 Å². The zero-order valence-electron chi connectivity index (χ0n) is 13.8. The standard InChI is InChI=1S/C19H17N3O2S/c1-21-16-6-9-25-18(16)10-17(21)19(23)22(13-15-5-3-8-24-15)12-14-4-2-7-20-11-14/h2-11H,12-13H2,1H3. The van der Waals surface area contributed by atoms with Gasteiger partial charge in [0, 0.05) is 26.0 Å². The number of fused-ring (bicyclic) bond motifs is 1. The maximum atomic E-state index is 13.2. The van der Waals surface area contributed by atoms with Crippen LogP contribution in [0.1, 0.15) is 21.8 Å². The van der Waals surface area contributed by atoms with Gasteiger partial charge in [-0.1, -0.05) is 6.07 Å². The van der Waals surface area contributed by atoms with Gasteiger partial charge in [0.15, 0.2) is 0 Å². The molecule has 0 unspecified atom stereocenters. The molecular formula is C19H17N3O2S. The van der Waals surface area contributed by atoms with Crippen molar-refractivity contribution in [1.29, 1.82) is 0 Å². The van der Waals surface area contributed by atoms with E-state index in [2.05, 4.69) is 4.98 Å². The molecule has 0 aliphatic carbocycles. The summed E-state index contributed by atoms with van der Waals surface area (Å²) in [6.45, 7) is 0.895. The fourth-order valence-corrected chi connectivity index (χ4v) is 3.77. The molecule has 0 radical (unpaired) electrons. The fraction of sp³-hybridized carbons (Fsp3) is 0.158. The monoisotopic (exact) mass is 351 g/mol. The van der Waals surface area contributed by atoms with E-state index in [-0.39, 0.29) is 5.91 Å². The Morgan fingerprint density at radius 1 is 1.28 bits per heavy atom. The predicted octanol–water partition coefficient (Wildman–Crippen LogP) is 4.07. The van der Waals surface area contributed by atoms with Crippen LogP contribution in [0.4, 0.5) is 0 Å². The van der Waals surface area contributed by atoms with Crippen LogP contribution in [0.3, 0.4) is 0 Å². The summed E-state index contributed by atoms with van der Waals surface area (Å²) in [5, 5.41) is 2.04. The zero-order valence-corrected chi connectivity index (χ0v) is 14.6. The van der Waals surface area contributed by atoms with E-state index < -0.39 is 0 Å². The Labute approximate surface area is 149 Å². The van der Waals surface area contributed by atoms with E-state index >= 15 is 0 Å². The third kappa shape index (κ3) is 3.08. The van der Waals surface area contributed by atoms with Crippen LogP contribution in [0.2, 0.25) is 0 Å². The van der Waals surface area contributed by atoms with E-state index in [1.807, 2.05) is 53.4 Å². The van der Waals surface area contributed by atoms with Crippen molar-refractivity contribution < 1.29 is 9.21 Å². The van der Waals surface area contributed by atoms with E-state index in [1.54, 1.807) is 34.9 Å². The molecule has 25 heavy (non-hydrogen) atoms. The SMILES string of the molecule is Cn1c(C(=O)N(Cc2cccnc2)Cc2ccco2)cc2sccc21. The third-order valence-corrected chi connectivity index (χ3v) is 5.05. The molecule has 0 aromatic carbocycles. The smallest absolute Gasteiger partial charge is 0.271 e. The van der Waals surface area contributed by atoms with Crippen LogP contribution in [-0.4, -0.2) is 20.4 Å². The van der Waals surface area contributed by atoms with Gasteiger partial charge in [-0.25, -0.2) is 0 Å². The Morgan fingerprint density at radius 3 is 2.92 bits per heavy atom. The summed E-state index contributed by atoms with van der Waals surface area (Å²) in [5.74, 6) is 0.736. The molecule has 4 aromatic rings. The largest absolute Gasteiger partial charge is 0.467 e. The summed E-state index contributed by atoms with van der Waals surface area (Å²) in [4.78, 5) is 19.1. The number of hydrogen-bond acceptors (Lipinski definition) is 4. The molecule has 0 aliphatic heterocycles. The van der Waals surface area contributed by atoms with E-state index in [9.17, 15) is 4.79 Å². The molecule has 0 spiro atoms. The Morgan fingerprint density at radius 2 is 2.20 bits per heavy atom. The number of nitrogens with zero attached hydrogens (tertiary/aromatic N) is 3. The highest BCUT2D eigenvalue weighted by molar-refractivity contribution is 7.17. The van der Waals surface area contributed by atoms with Gasteiger partial charge >= 0.3 is 0 Å². The number of rotatable bonds is 5. The molecule has 0 N–H and O–H groups in total. The Balaban J connectivity index is 1.67. The molecule has 0 saturated carbocycles. The molecule has 126 valence electrons. The number of thiophene rings is 1. The van der Waals surface area contributed by atoms with Crippen LogP contribution in [0.15, 0.2) is 64.9 Å². The highest BCUT2D eigenvalue weighted by Gasteiger charge is 2.22. The average Bonchev–Trinajstić information content (AvgIpc) is 3.35. The summed E-state index contributed by atoms with van der Waals surface area (Å²) < 4.78 is 8.51. The third-order valence-electron chi connectivity index (χ3n) is 4.19. The molecular weight excluding hydrogens is 334 g/mol. The van der Waals surface area contributed by atoms with Crippen LogP contribution >= 0.6 is 11.3 Å². The first-order valence-corrected chi connectivity index (χ1v) is 8.84. The highest BCUT2D eigenvalue weighted by atomic mass is 32.1. The molecule has 1 amide bonds. The molecule has 0 aliphatic rings. The Bertz CT molecular complexity index is 986. The van der Waals surface area contributed by atoms with Gasteiger partial charge in [0.25, 0.3) is 5.91 Å². The lowest BCUT2D eigenvalue weighted by Gasteiger charge is -2.22. The predicted molar refractivity (Wildman–Crippen MR) is 97.3 cm³/mol. The Kier molecular flexibility index (Phi) is 4.11. The average molecular weight is 351 g/mol.